The Balaban J connectivity index is 1.23. The van der Waals surface area contributed by atoms with Crippen molar-refractivity contribution in [2.24, 2.45) is 5.92 Å². The van der Waals surface area contributed by atoms with E-state index in [4.69, 9.17) is 0 Å². The fourth-order valence-electron chi connectivity index (χ4n) is 4.71. The first-order valence-corrected chi connectivity index (χ1v) is 12.9. The van der Waals surface area contributed by atoms with Gasteiger partial charge in [0.15, 0.2) is 0 Å². The third kappa shape index (κ3) is 5.37. The Morgan fingerprint density at radius 2 is 1.86 bits per heavy atom. The van der Waals surface area contributed by atoms with Crippen LogP contribution in [0.15, 0.2) is 59.8 Å². The van der Waals surface area contributed by atoms with E-state index in [0.29, 0.717) is 22.6 Å². The van der Waals surface area contributed by atoms with Crippen molar-refractivity contribution < 1.29 is 9.18 Å². The van der Waals surface area contributed by atoms with E-state index in [1.165, 1.54) is 17.8 Å². The van der Waals surface area contributed by atoms with Crippen molar-refractivity contribution >= 4 is 23.4 Å². The maximum Gasteiger partial charge on any atom is 0.254 e. The standard InChI is InChI=1S/C27H28FN5OS/c1-18-14-19(2)33-26(29-18)30-27(31-33)35-17-22-7-3-4-9-24(22)25(34)32-12-10-20(11-13-32)15-21-6-5-8-23(28)16-21/h3-9,14,16,20H,10-13,15,17H2,1-2H3. The Hall–Kier alpha value is -3.26. The van der Waals surface area contributed by atoms with Crippen LogP contribution >= 0.6 is 11.8 Å². The van der Waals surface area contributed by atoms with Crippen molar-refractivity contribution in [1.29, 1.82) is 0 Å². The number of carbonyl (C=O) groups excluding carboxylic acids is 1. The van der Waals surface area contributed by atoms with Crippen molar-refractivity contribution in [3.05, 3.63) is 88.5 Å². The van der Waals surface area contributed by atoms with Gasteiger partial charge in [0.1, 0.15) is 5.82 Å². The maximum atomic E-state index is 13.5. The molecule has 0 radical (unpaired) electrons. The van der Waals surface area contributed by atoms with Crippen LogP contribution in [0.5, 0.6) is 0 Å². The van der Waals surface area contributed by atoms with Gasteiger partial charge >= 0.3 is 0 Å². The SMILES string of the molecule is Cc1cc(C)n2nc(SCc3ccccc3C(=O)N3CCC(Cc4cccc(F)c4)CC3)nc2n1. The molecule has 1 amide bonds. The van der Waals surface area contributed by atoms with Gasteiger partial charge in [-0.1, -0.05) is 42.1 Å². The van der Waals surface area contributed by atoms with Gasteiger partial charge in [-0.3, -0.25) is 4.79 Å². The monoisotopic (exact) mass is 489 g/mol. The number of aromatic nitrogens is 4. The summed E-state index contributed by atoms with van der Waals surface area (Å²) in [6, 6.07) is 16.6. The van der Waals surface area contributed by atoms with Crippen molar-refractivity contribution in [2.75, 3.05) is 13.1 Å². The van der Waals surface area contributed by atoms with Crippen molar-refractivity contribution in [3.63, 3.8) is 0 Å². The van der Waals surface area contributed by atoms with Crippen LogP contribution in [0.2, 0.25) is 0 Å². The van der Waals surface area contributed by atoms with E-state index in [0.717, 1.165) is 60.4 Å². The number of hydrogen-bond acceptors (Lipinski definition) is 5. The van der Waals surface area contributed by atoms with Crippen molar-refractivity contribution in [3.8, 4) is 0 Å². The zero-order valence-electron chi connectivity index (χ0n) is 19.9. The van der Waals surface area contributed by atoms with Gasteiger partial charge in [0.2, 0.25) is 5.16 Å². The van der Waals surface area contributed by atoms with E-state index in [1.54, 1.807) is 16.6 Å². The first-order chi connectivity index (χ1) is 17.0. The summed E-state index contributed by atoms with van der Waals surface area (Å²) in [4.78, 5) is 24.3. The lowest BCUT2D eigenvalue weighted by Crippen LogP contribution is -2.39. The van der Waals surface area contributed by atoms with E-state index in [-0.39, 0.29) is 11.7 Å². The Morgan fingerprint density at radius 1 is 1.06 bits per heavy atom. The second-order valence-corrected chi connectivity index (χ2v) is 10.1. The number of aryl methyl sites for hydroxylation is 2. The molecule has 8 heteroatoms. The van der Waals surface area contributed by atoms with E-state index in [2.05, 4.69) is 15.1 Å². The van der Waals surface area contributed by atoms with Gasteiger partial charge in [0.25, 0.3) is 11.7 Å². The highest BCUT2D eigenvalue weighted by Crippen LogP contribution is 2.26. The number of thioether (sulfide) groups is 1. The van der Waals surface area contributed by atoms with Crippen LogP contribution in [0.1, 0.15) is 45.7 Å². The molecule has 6 nitrogen and oxygen atoms in total. The van der Waals surface area contributed by atoms with Crippen LogP contribution in [-0.4, -0.2) is 43.5 Å². The topological polar surface area (TPSA) is 63.4 Å². The lowest BCUT2D eigenvalue weighted by atomic mass is 9.90. The third-order valence-corrected chi connectivity index (χ3v) is 7.41. The normalized spacial score (nSPS) is 14.5. The molecule has 35 heavy (non-hydrogen) atoms. The van der Waals surface area contributed by atoms with Gasteiger partial charge in [-0.15, -0.1) is 5.10 Å². The number of carbonyl (C=O) groups is 1. The van der Waals surface area contributed by atoms with Gasteiger partial charge in [0.05, 0.1) is 0 Å². The summed E-state index contributed by atoms with van der Waals surface area (Å²) in [5.74, 6) is 1.54. The fraction of sp³-hybridized carbons (Fsp3) is 0.333. The highest BCUT2D eigenvalue weighted by atomic mass is 32.2. The van der Waals surface area contributed by atoms with Gasteiger partial charge in [-0.05, 0) is 74.4 Å². The molecule has 0 bridgehead atoms. The number of nitrogens with zero attached hydrogens (tertiary/aromatic N) is 5. The fourth-order valence-corrected chi connectivity index (χ4v) is 5.54. The quantitative estimate of drug-likeness (QED) is 0.346. The first kappa shape index (κ1) is 23.5. The average molecular weight is 490 g/mol. The molecule has 0 N–H and O–H groups in total. The van der Waals surface area contributed by atoms with Crippen molar-refractivity contribution in [1.82, 2.24) is 24.5 Å². The highest BCUT2D eigenvalue weighted by Gasteiger charge is 2.25. The molecule has 1 saturated heterocycles. The molecular weight excluding hydrogens is 461 g/mol. The van der Waals surface area contributed by atoms with Crippen LogP contribution in [0.25, 0.3) is 5.78 Å². The molecule has 5 rings (SSSR count). The van der Waals surface area contributed by atoms with E-state index >= 15 is 0 Å². The van der Waals surface area contributed by atoms with Crippen LogP contribution in [0.3, 0.4) is 0 Å². The van der Waals surface area contributed by atoms with E-state index < -0.39 is 0 Å². The Morgan fingerprint density at radius 3 is 2.66 bits per heavy atom. The Bertz CT molecular complexity index is 1360. The number of halogens is 1. The first-order valence-electron chi connectivity index (χ1n) is 11.9. The summed E-state index contributed by atoms with van der Waals surface area (Å²) in [6.45, 7) is 5.37. The molecule has 1 aliphatic rings. The molecule has 180 valence electrons. The van der Waals surface area contributed by atoms with Crippen LogP contribution in [-0.2, 0) is 12.2 Å². The van der Waals surface area contributed by atoms with E-state index in [1.807, 2.05) is 55.1 Å². The third-order valence-electron chi connectivity index (χ3n) is 6.52. The second kappa shape index (κ2) is 10.2. The van der Waals surface area contributed by atoms with Crippen LogP contribution in [0.4, 0.5) is 4.39 Å². The molecule has 1 aliphatic heterocycles. The number of benzene rings is 2. The number of likely N-dealkylation sites (tertiary alicyclic amines) is 1. The number of hydrogen-bond donors (Lipinski definition) is 0. The summed E-state index contributed by atoms with van der Waals surface area (Å²) in [5, 5.41) is 5.21. The molecule has 0 aliphatic carbocycles. The minimum Gasteiger partial charge on any atom is -0.339 e. The summed E-state index contributed by atoms with van der Waals surface area (Å²) >= 11 is 1.51. The van der Waals surface area contributed by atoms with Crippen LogP contribution < -0.4 is 0 Å². The number of amides is 1. The molecule has 0 spiro atoms. The van der Waals surface area contributed by atoms with Crippen molar-refractivity contribution in [2.45, 2.75) is 44.0 Å². The molecule has 0 saturated carbocycles. The summed E-state index contributed by atoms with van der Waals surface area (Å²) in [6.07, 6.45) is 2.71. The minimum absolute atomic E-state index is 0.0708. The minimum atomic E-state index is -0.190. The molecule has 0 atom stereocenters. The molecule has 2 aromatic carbocycles. The van der Waals surface area contributed by atoms with Gasteiger partial charge < -0.3 is 4.90 Å². The van der Waals surface area contributed by atoms with Gasteiger partial charge in [-0.2, -0.15) is 4.98 Å². The number of piperidine rings is 1. The lowest BCUT2D eigenvalue weighted by molar-refractivity contribution is 0.0689. The predicted octanol–water partition coefficient (Wildman–Crippen LogP) is 5.27. The summed E-state index contributed by atoms with van der Waals surface area (Å²) < 4.78 is 15.3. The molecular formula is C27H28FN5OS. The largest absolute Gasteiger partial charge is 0.339 e. The molecule has 3 heterocycles. The number of rotatable bonds is 6. The number of fused-ring (bicyclic) bond motifs is 1. The summed E-state index contributed by atoms with van der Waals surface area (Å²) in [7, 11) is 0. The molecule has 1 fully saturated rings. The van der Waals surface area contributed by atoms with Gasteiger partial charge in [0, 0.05) is 35.8 Å². The maximum absolute atomic E-state index is 13.5. The smallest absolute Gasteiger partial charge is 0.254 e. The molecule has 0 unspecified atom stereocenters. The average Bonchev–Trinajstić information content (AvgIpc) is 3.26. The highest BCUT2D eigenvalue weighted by molar-refractivity contribution is 7.98. The predicted molar refractivity (Wildman–Crippen MR) is 135 cm³/mol. The molecule has 4 aromatic rings. The summed E-state index contributed by atoms with van der Waals surface area (Å²) in [5.41, 5.74) is 4.64. The van der Waals surface area contributed by atoms with Crippen LogP contribution in [0, 0.1) is 25.6 Å². The zero-order chi connectivity index (χ0) is 24.4. The zero-order valence-corrected chi connectivity index (χ0v) is 20.8. The lowest BCUT2D eigenvalue weighted by Gasteiger charge is -2.32. The second-order valence-electron chi connectivity index (χ2n) is 9.16. The Kier molecular flexibility index (Phi) is 6.81. The van der Waals surface area contributed by atoms with E-state index in [9.17, 15) is 9.18 Å². The van der Waals surface area contributed by atoms with Gasteiger partial charge in [-0.25, -0.2) is 13.9 Å². The molecule has 2 aromatic heterocycles. The Labute approximate surface area is 208 Å².